The second kappa shape index (κ2) is 7.80. The van der Waals surface area contributed by atoms with Gasteiger partial charge in [-0.05, 0) is 19.1 Å². The average Bonchev–Trinajstić information content (AvgIpc) is 2.80. The van der Waals surface area contributed by atoms with Crippen LogP contribution in [0.25, 0.3) is 0 Å². The second-order valence-electron chi connectivity index (χ2n) is 3.98. The van der Waals surface area contributed by atoms with Crippen LogP contribution in [0.3, 0.4) is 0 Å². The SMILES string of the molecule is CCNC(=NCCS(N)(=O)=O)NCCn1cccc1. The monoisotopic (exact) mass is 287 g/mol. The van der Waals surface area contributed by atoms with Crippen LogP contribution in [0.2, 0.25) is 0 Å². The lowest BCUT2D eigenvalue weighted by Crippen LogP contribution is -2.39. The number of primary sulfonamides is 1. The Hall–Kier alpha value is -1.54. The van der Waals surface area contributed by atoms with Crippen molar-refractivity contribution in [1.29, 1.82) is 0 Å². The lowest BCUT2D eigenvalue weighted by Gasteiger charge is -2.11. The largest absolute Gasteiger partial charge is 0.357 e. The molecule has 7 nitrogen and oxygen atoms in total. The molecule has 0 radical (unpaired) electrons. The molecule has 0 atom stereocenters. The van der Waals surface area contributed by atoms with E-state index in [-0.39, 0.29) is 12.3 Å². The molecule has 19 heavy (non-hydrogen) atoms. The highest BCUT2D eigenvalue weighted by atomic mass is 32.2. The van der Waals surface area contributed by atoms with Crippen molar-refractivity contribution in [2.24, 2.45) is 10.1 Å². The van der Waals surface area contributed by atoms with Crippen molar-refractivity contribution >= 4 is 16.0 Å². The third kappa shape index (κ3) is 7.47. The summed E-state index contributed by atoms with van der Waals surface area (Å²) in [5.41, 5.74) is 0. The maximum absolute atomic E-state index is 10.8. The maximum atomic E-state index is 10.8. The molecule has 0 saturated carbocycles. The number of aliphatic imine (C=N–C) groups is 1. The van der Waals surface area contributed by atoms with Crippen molar-refractivity contribution in [2.75, 3.05) is 25.4 Å². The van der Waals surface area contributed by atoms with E-state index in [2.05, 4.69) is 15.6 Å². The van der Waals surface area contributed by atoms with E-state index in [9.17, 15) is 8.42 Å². The smallest absolute Gasteiger partial charge is 0.210 e. The minimum atomic E-state index is -3.46. The van der Waals surface area contributed by atoms with Crippen LogP contribution in [0.1, 0.15) is 6.92 Å². The minimum absolute atomic E-state index is 0.150. The van der Waals surface area contributed by atoms with Crippen molar-refractivity contribution < 1.29 is 8.42 Å². The fraction of sp³-hybridized carbons (Fsp3) is 0.545. The van der Waals surface area contributed by atoms with Gasteiger partial charge < -0.3 is 15.2 Å². The summed E-state index contributed by atoms with van der Waals surface area (Å²) in [6.07, 6.45) is 3.96. The summed E-state index contributed by atoms with van der Waals surface area (Å²) < 4.78 is 23.7. The molecular weight excluding hydrogens is 266 g/mol. The number of hydrogen-bond donors (Lipinski definition) is 3. The molecule has 0 unspecified atom stereocenters. The van der Waals surface area contributed by atoms with E-state index in [1.165, 1.54) is 0 Å². The lowest BCUT2D eigenvalue weighted by atomic mass is 10.6. The number of rotatable bonds is 7. The molecule has 0 amide bonds. The Morgan fingerprint density at radius 2 is 2.00 bits per heavy atom. The Morgan fingerprint density at radius 1 is 1.32 bits per heavy atom. The van der Waals surface area contributed by atoms with Gasteiger partial charge in [-0.1, -0.05) is 0 Å². The van der Waals surface area contributed by atoms with Crippen molar-refractivity contribution in [3.8, 4) is 0 Å². The van der Waals surface area contributed by atoms with Gasteiger partial charge in [0.25, 0.3) is 0 Å². The normalized spacial score (nSPS) is 12.4. The van der Waals surface area contributed by atoms with Crippen LogP contribution in [0.4, 0.5) is 0 Å². The van der Waals surface area contributed by atoms with Gasteiger partial charge in [0, 0.05) is 32.0 Å². The van der Waals surface area contributed by atoms with E-state index < -0.39 is 10.0 Å². The van der Waals surface area contributed by atoms with Crippen LogP contribution in [0, 0.1) is 0 Å². The van der Waals surface area contributed by atoms with Crippen LogP contribution in [-0.4, -0.2) is 44.3 Å². The lowest BCUT2D eigenvalue weighted by molar-refractivity contribution is 0.597. The molecule has 1 aromatic heterocycles. The minimum Gasteiger partial charge on any atom is -0.357 e. The molecule has 8 heteroatoms. The van der Waals surface area contributed by atoms with Crippen molar-refractivity contribution in [2.45, 2.75) is 13.5 Å². The molecule has 0 aromatic carbocycles. The highest BCUT2D eigenvalue weighted by Gasteiger charge is 2.02. The number of guanidine groups is 1. The van der Waals surface area contributed by atoms with Gasteiger partial charge in [-0.15, -0.1) is 0 Å². The quantitative estimate of drug-likeness (QED) is 0.457. The molecule has 1 heterocycles. The van der Waals surface area contributed by atoms with Gasteiger partial charge in [-0.25, -0.2) is 13.6 Å². The van der Waals surface area contributed by atoms with E-state index >= 15 is 0 Å². The molecule has 0 aliphatic rings. The van der Waals surface area contributed by atoms with Gasteiger partial charge in [0.05, 0.1) is 12.3 Å². The van der Waals surface area contributed by atoms with Crippen LogP contribution in [-0.2, 0) is 16.6 Å². The van der Waals surface area contributed by atoms with E-state index in [1.54, 1.807) is 0 Å². The molecule has 0 fully saturated rings. The summed E-state index contributed by atoms with van der Waals surface area (Å²) in [6, 6.07) is 3.93. The first kappa shape index (κ1) is 15.5. The fourth-order valence-corrected chi connectivity index (χ4v) is 1.79. The summed E-state index contributed by atoms with van der Waals surface area (Å²) in [6.45, 7) is 4.33. The Bertz CT molecular complexity index is 481. The molecule has 0 bridgehead atoms. The zero-order valence-electron chi connectivity index (χ0n) is 11.0. The van der Waals surface area contributed by atoms with Crippen LogP contribution < -0.4 is 15.8 Å². The van der Waals surface area contributed by atoms with Gasteiger partial charge in [0.2, 0.25) is 10.0 Å². The Labute approximate surface area is 114 Å². The van der Waals surface area contributed by atoms with Gasteiger partial charge in [0.15, 0.2) is 5.96 Å². The number of nitrogens with two attached hydrogens (primary N) is 1. The molecule has 0 aliphatic heterocycles. The average molecular weight is 287 g/mol. The number of sulfonamides is 1. The van der Waals surface area contributed by atoms with Crippen molar-refractivity contribution in [1.82, 2.24) is 15.2 Å². The molecule has 1 rings (SSSR count). The van der Waals surface area contributed by atoms with Crippen molar-refractivity contribution in [3.05, 3.63) is 24.5 Å². The first-order valence-electron chi connectivity index (χ1n) is 6.14. The Balaban J connectivity index is 2.36. The van der Waals surface area contributed by atoms with E-state index in [0.29, 0.717) is 19.0 Å². The van der Waals surface area contributed by atoms with Gasteiger partial charge >= 0.3 is 0 Å². The van der Waals surface area contributed by atoms with E-state index in [0.717, 1.165) is 6.54 Å². The molecular formula is C11H21N5O2S. The molecule has 0 spiro atoms. The zero-order chi connectivity index (χ0) is 14.1. The van der Waals surface area contributed by atoms with Gasteiger partial charge in [-0.3, -0.25) is 4.99 Å². The van der Waals surface area contributed by atoms with Crippen LogP contribution in [0.5, 0.6) is 0 Å². The summed E-state index contributed by atoms with van der Waals surface area (Å²) in [4.78, 5) is 4.14. The number of nitrogens with one attached hydrogen (secondary N) is 2. The van der Waals surface area contributed by atoms with Crippen LogP contribution in [0.15, 0.2) is 29.5 Å². The molecule has 108 valence electrons. The Morgan fingerprint density at radius 3 is 2.58 bits per heavy atom. The second-order valence-corrected chi connectivity index (χ2v) is 5.71. The predicted molar refractivity (Wildman–Crippen MR) is 76.4 cm³/mol. The molecule has 0 saturated heterocycles. The predicted octanol–water partition coefficient (Wildman–Crippen LogP) is -0.668. The topological polar surface area (TPSA) is 102 Å². The highest BCUT2D eigenvalue weighted by molar-refractivity contribution is 7.89. The first-order valence-corrected chi connectivity index (χ1v) is 7.86. The van der Waals surface area contributed by atoms with Gasteiger partial charge in [-0.2, -0.15) is 0 Å². The van der Waals surface area contributed by atoms with Gasteiger partial charge in [0.1, 0.15) is 0 Å². The molecule has 0 aliphatic carbocycles. The fourth-order valence-electron chi connectivity index (χ4n) is 1.45. The number of hydrogen-bond acceptors (Lipinski definition) is 3. The first-order chi connectivity index (χ1) is 9.01. The zero-order valence-corrected chi connectivity index (χ0v) is 11.9. The van der Waals surface area contributed by atoms with E-state index in [1.807, 2.05) is 36.0 Å². The number of nitrogens with zero attached hydrogens (tertiary/aromatic N) is 2. The highest BCUT2D eigenvalue weighted by Crippen LogP contribution is 1.88. The standard InChI is InChI=1S/C11H21N5O2S/c1-2-13-11(15-6-10-19(12,17)18)14-5-9-16-7-3-4-8-16/h3-4,7-8H,2,5-6,9-10H2,1H3,(H2,12,17,18)(H2,13,14,15). The van der Waals surface area contributed by atoms with Crippen molar-refractivity contribution in [3.63, 3.8) is 0 Å². The molecule has 1 aromatic rings. The summed E-state index contributed by atoms with van der Waals surface area (Å²) >= 11 is 0. The summed E-state index contributed by atoms with van der Waals surface area (Å²) in [5.74, 6) is 0.444. The number of aromatic nitrogens is 1. The van der Waals surface area contributed by atoms with E-state index in [4.69, 9.17) is 5.14 Å². The van der Waals surface area contributed by atoms with Crippen LogP contribution >= 0.6 is 0 Å². The third-order valence-electron chi connectivity index (χ3n) is 2.32. The Kier molecular flexibility index (Phi) is 6.37. The maximum Gasteiger partial charge on any atom is 0.210 e. The molecule has 4 N–H and O–H groups in total. The summed E-state index contributed by atoms with van der Waals surface area (Å²) in [5, 5.41) is 11.1. The summed E-state index contributed by atoms with van der Waals surface area (Å²) in [7, 11) is -3.46. The third-order valence-corrected chi connectivity index (χ3v) is 3.07.